The van der Waals surface area contributed by atoms with Gasteiger partial charge < -0.3 is 20.9 Å². The Hall–Kier alpha value is -3.04. The van der Waals surface area contributed by atoms with Crippen molar-refractivity contribution in [3.8, 4) is 10.6 Å². The van der Waals surface area contributed by atoms with E-state index in [1.807, 2.05) is 18.6 Å². The lowest BCUT2D eigenvalue weighted by molar-refractivity contribution is 0.529. The summed E-state index contributed by atoms with van der Waals surface area (Å²) < 4.78 is 2.22. The van der Waals surface area contributed by atoms with E-state index in [4.69, 9.17) is 15.7 Å². The fraction of sp³-hybridized carbons (Fsp3) is 0.391. The van der Waals surface area contributed by atoms with Crippen LogP contribution in [0.15, 0.2) is 42.2 Å². The van der Waals surface area contributed by atoms with Gasteiger partial charge in [0.15, 0.2) is 17.0 Å². The molecule has 1 aliphatic rings. The van der Waals surface area contributed by atoms with Gasteiger partial charge in [0, 0.05) is 25.3 Å². The largest absolute Gasteiger partial charge is 0.364 e. The zero-order chi connectivity index (χ0) is 21.8. The van der Waals surface area contributed by atoms with E-state index in [2.05, 4.69) is 48.7 Å². The molecule has 4 aromatic rings. The summed E-state index contributed by atoms with van der Waals surface area (Å²) in [6.07, 6.45) is 9.58. The monoisotopic (exact) mass is 448 g/mol. The zero-order valence-corrected chi connectivity index (χ0v) is 18.8. The molecule has 1 aliphatic carbocycles. The zero-order valence-electron chi connectivity index (χ0n) is 18.0. The number of fused-ring (bicyclic) bond motifs is 1. The maximum absolute atomic E-state index is 5.64. The van der Waals surface area contributed by atoms with E-state index in [0.717, 1.165) is 41.2 Å². The molecule has 32 heavy (non-hydrogen) atoms. The van der Waals surface area contributed by atoms with Crippen LogP contribution in [-0.2, 0) is 6.54 Å². The quantitative estimate of drug-likeness (QED) is 0.325. The summed E-state index contributed by atoms with van der Waals surface area (Å²) >= 11 is 1.70. The Balaban J connectivity index is 1.39. The van der Waals surface area contributed by atoms with Gasteiger partial charge >= 0.3 is 0 Å². The maximum atomic E-state index is 5.64. The first kappa shape index (κ1) is 20.8. The Morgan fingerprint density at radius 3 is 2.75 bits per heavy atom. The molecule has 0 radical (unpaired) electrons. The smallest absolute Gasteiger partial charge is 0.226 e. The number of imidazole rings is 1. The number of nitrogens with two attached hydrogens (primary N) is 1. The summed E-state index contributed by atoms with van der Waals surface area (Å²) in [5, 5.41) is 8.84. The van der Waals surface area contributed by atoms with Gasteiger partial charge in [-0.1, -0.05) is 25.0 Å². The van der Waals surface area contributed by atoms with Gasteiger partial charge in [-0.2, -0.15) is 9.97 Å². The topological polar surface area (TPSA) is 107 Å². The predicted molar refractivity (Wildman–Crippen MR) is 130 cm³/mol. The predicted octanol–water partition coefficient (Wildman–Crippen LogP) is 4.44. The standard InChI is InChI=1S/C23H28N8S/c24-10-4-11-25-23-29-21(20-22(30-23)31(15-28-20)17-5-1-2-6-17)27-14-16-8-9-18(26-13-16)19-7-3-12-32-19/h3,7-9,12-13,15,17H,1-2,4-6,10-11,14,24H2,(H2,25,27,29,30). The second kappa shape index (κ2) is 9.62. The number of anilines is 2. The third-order valence-corrected chi connectivity index (χ3v) is 6.75. The average Bonchev–Trinajstić information content (AvgIpc) is 3.59. The molecular formula is C23H28N8S. The van der Waals surface area contributed by atoms with Crippen molar-refractivity contribution in [1.29, 1.82) is 0 Å². The molecular weight excluding hydrogens is 420 g/mol. The van der Waals surface area contributed by atoms with Crippen molar-refractivity contribution in [1.82, 2.24) is 24.5 Å². The van der Waals surface area contributed by atoms with Gasteiger partial charge in [0.2, 0.25) is 5.95 Å². The molecule has 4 N–H and O–H groups in total. The molecule has 0 aromatic carbocycles. The van der Waals surface area contributed by atoms with Crippen LogP contribution in [-0.4, -0.2) is 37.6 Å². The lowest BCUT2D eigenvalue weighted by Crippen LogP contribution is -2.13. The molecule has 4 heterocycles. The van der Waals surface area contributed by atoms with E-state index in [9.17, 15) is 0 Å². The van der Waals surface area contributed by atoms with E-state index in [1.54, 1.807) is 11.3 Å². The first-order valence-corrected chi connectivity index (χ1v) is 12.1. The van der Waals surface area contributed by atoms with Crippen LogP contribution in [0.25, 0.3) is 21.7 Å². The second-order valence-electron chi connectivity index (χ2n) is 8.11. The number of nitrogens with one attached hydrogen (secondary N) is 2. The number of nitrogens with zero attached hydrogens (tertiary/aromatic N) is 5. The average molecular weight is 449 g/mol. The van der Waals surface area contributed by atoms with Crippen LogP contribution in [0.4, 0.5) is 11.8 Å². The molecule has 0 bridgehead atoms. The molecule has 0 atom stereocenters. The number of aromatic nitrogens is 5. The molecule has 8 nitrogen and oxygen atoms in total. The van der Waals surface area contributed by atoms with Crippen LogP contribution in [0, 0.1) is 0 Å². The molecule has 4 aromatic heterocycles. The van der Waals surface area contributed by atoms with E-state index in [1.165, 1.54) is 30.6 Å². The number of pyridine rings is 1. The Bertz CT molecular complexity index is 1150. The Morgan fingerprint density at radius 2 is 2.00 bits per heavy atom. The minimum Gasteiger partial charge on any atom is -0.364 e. The van der Waals surface area contributed by atoms with Gasteiger partial charge in [-0.25, -0.2) is 4.98 Å². The number of hydrogen-bond donors (Lipinski definition) is 3. The van der Waals surface area contributed by atoms with Crippen molar-refractivity contribution in [2.75, 3.05) is 23.7 Å². The van der Waals surface area contributed by atoms with Gasteiger partial charge in [-0.05, 0) is 48.9 Å². The van der Waals surface area contributed by atoms with Crippen molar-refractivity contribution < 1.29 is 0 Å². The summed E-state index contributed by atoms with van der Waals surface area (Å²) in [5.74, 6) is 1.35. The minimum absolute atomic E-state index is 0.466. The lowest BCUT2D eigenvalue weighted by atomic mass is 10.2. The van der Waals surface area contributed by atoms with Crippen LogP contribution in [0.1, 0.15) is 43.7 Å². The van der Waals surface area contributed by atoms with Gasteiger partial charge in [0.05, 0.1) is 16.9 Å². The molecule has 0 saturated heterocycles. The van der Waals surface area contributed by atoms with Crippen LogP contribution in [0.3, 0.4) is 0 Å². The third-order valence-electron chi connectivity index (χ3n) is 5.86. The minimum atomic E-state index is 0.466. The highest BCUT2D eigenvalue weighted by Crippen LogP contribution is 2.33. The summed E-state index contributed by atoms with van der Waals surface area (Å²) in [6, 6.07) is 8.76. The molecule has 1 saturated carbocycles. The van der Waals surface area contributed by atoms with Crippen LogP contribution in [0.2, 0.25) is 0 Å². The first-order valence-electron chi connectivity index (χ1n) is 11.2. The van der Waals surface area contributed by atoms with Gasteiger partial charge in [-0.3, -0.25) is 4.98 Å². The van der Waals surface area contributed by atoms with Gasteiger partial charge in [-0.15, -0.1) is 11.3 Å². The van der Waals surface area contributed by atoms with E-state index in [-0.39, 0.29) is 0 Å². The first-order chi connectivity index (χ1) is 15.8. The van der Waals surface area contributed by atoms with Gasteiger partial charge in [0.25, 0.3) is 0 Å². The molecule has 5 rings (SSSR count). The van der Waals surface area contributed by atoms with E-state index >= 15 is 0 Å². The normalized spacial score (nSPS) is 14.3. The highest BCUT2D eigenvalue weighted by Gasteiger charge is 2.21. The Kier molecular flexibility index (Phi) is 6.27. The van der Waals surface area contributed by atoms with Crippen LogP contribution < -0.4 is 16.4 Å². The number of hydrogen-bond acceptors (Lipinski definition) is 8. The molecule has 0 amide bonds. The van der Waals surface area contributed by atoms with Crippen molar-refractivity contribution >= 4 is 34.3 Å². The van der Waals surface area contributed by atoms with Crippen molar-refractivity contribution in [3.63, 3.8) is 0 Å². The van der Waals surface area contributed by atoms with Crippen molar-refractivity contribution in [3.05, 3.63) is 47.7 Å². The van der Waals surface area contributed by atoms with E-state index in [0.29, 0.717) is 25.1 Å². The highest BCUT2D eigenvalue weighted by molar-refractivity contribution is 7.13. The Morgan fingerprint density at radius 1 is 1.09 bits per heavy atom. The van der Waals surface area contributed by atoms with Crippen LogP contribution >= 0.6 is 11.3 Å². The highest BCUT2D eigenvalue weighted by atomic mass is 32.1. The molecule has 0 spiro atoms. The third kappa shape index (κ3) is 4.44. The summed E-state index contributed by atoms with van der Waals surface area (Å²) in [6.45, 7) is 1.99. The van der Waals surface area contributed by atoms with Crippen molar-refractivity contribution in [2.24, 2.45) is 5.73 Å². The summed E-state index contributed by atoms with van der Waals surface area (Å²) in [5.41, 5.74) is 9.42. The van der Waals surface area contributed by atoms with Crippen LogP contribution in [0.5, 0.6) is 0 Å². The molecule has 166 valence electrons. The van der Waals surface area contributed by atoms with E-state index < -0.39 is 0 Å². The summed E-state index contributed by atoms with van der Waals surface area (Å²) in [7, 11) is 0. The molecule has 1 fully saturated rings. The summed E-state index contributed by atoms with van der Waals surface area (Å²) in [4.78, 5) is 20.0. The Labute approximate surface area is 191 Å². The fourth-order valence-electron chi connectivity index (χ4n) is 4.16. The second-order valence-corrected chi connectivity index (χ2v) is 9.06. The molecule has 0 unspecified atom stereocenters. The SMILES string of the molecule is NCCCNc1nc(NCc2ccc(-c3cccs3)nc2)c2ncn(C3CCCC3)c2n1. The fourth-order valence-corrected chi connectivity index (χ4v) is 4.86. The van der Waals surface area contributed by atoms with Crippen molar-refractivity contribution in [2.45, 2.75) is 44.7 Å². The number of thiophene rings is 1. The lowest BCUT2D eigenvalue weighted by Gasteiger charge is -2.14. The van der Waals surface area contributed by atoms with Gasteiger partial charge in [0.1, 0.15) is 0 Å². The maximum Gasteiger partial charge on any atom is 0.226 e. The number of rotatable bonds is 9. The molecule has 0 aliphatic heterocycles. The molecule has 9 heteroatoms.